The molecule has 0 saturated carbocycles. The van der Waals surface area contributed by atoms with Crippen molar-refractivity contribution in [2.75, 3.05) is 19.6 Å². The fourth-order valence-corrected chi connectivity index (χ4v) is 2.49. The molecular weight excluding hydrogens is 236 g/mol. The van der Waals surface area contributed by atoms with Crippen LogP contribution in [-0.4, -0.2) is 31.5 Å². The molecule has 1 aromatic carbocycles. The fourth-order valence-electron chi connectivity index (χ4n) is 2.49. The van der Waals surface area contributed by atoms with E-state index >= 15 is 0 Å². The second-order valence-electron chi connectivity index (χ2n) is 5.45. The molecule has 2 N–H and O–H groups in total. The molecule has 1 saturated heterocycles. The van der Waals surface area contributed by atoms with Crippen LogP contribution < -0.4 is 10.6 Å². The maximum absolute atomic E-state index is 12.1. The normalized spacial score (nSPS) is 18.2. The molecule has 0 bridgehead atoms. The summed E-state index contributed by atoms with van der Waals surface area (Å²) < 4.78 is 0. The van der Waals surface area contributed by atoms with Gasteiger partial charge in [0.15, 0.2) is 5.78 Å². The van der Waals surface area contributed by atoms with Crippen LogP contribution in [0.2, 0.25) is 0 Å². The van der Waals surface area contributed by atoms with Crippen LogP contribution in [0.3, 0.4) is 0 Å². The first kappa shape index (κ1) is 14.2. The molecule has 3 nitrogen and oxygen atoms in total. The Kier molecular flexibility index (Phi) is 5.55. The van der Waals surface area contributed by atoms with Crippen LogP contribution in [0.15, 0.2) is 30.3 Å². The van der Waals surface area contributed by atoms with E-state index in [1.165, 1.54) is 12.8 Å². The maximum Gasteiger partial charge on any atom is 0.153 e. The standard InChI is InChI=1S/C16H24N2O/c1-13(18-12-15-7-9-17-10-8-15)16(19)11-14-5-3-2-4-6-14/h2-6,13,15,17-18H,7-12H2,1H3. The number of hydrogen-bond acceptors (Lipinski definition) is 3. The van der Waals surface area contributed by atoms with Gasteiger partial charge in [-0.3, -0.25) is 4.79 Å². The molecule has 3 heteroatoms. The van der Waals surface area contributed by atoms with Gasteiger partial charge in [-0.15, -0.1) is 0 Å². The van der Waals surface area contributed by atoms with E-state index in [0.29, 0.717) is 12.3 Å². The predicted molar refractivity (Wildman–Crippen MR) is 78.2 cm³/mol. The average molecular weight is 260 g/mol. The summed E-state index contributed by atoms with van der Waals surface area (Å²) >= 11 is 0. The Bertz CT molecular complexity index is 385. The van der Waals surface area contributed by atoms with Gasteiger partial charge in [-0.05, 0) is 50.9 Å². The smallest absolute Gasteiger partial charge is 0.153 e. The molecule has 0 spiro atoms. The van der Waals surface area contributed by atoms with E-state index in [9.17, 15) is 4.79 Å². The minimum absolute atomic E-state index is 0.0462. The van der Waals surface area contributed by atoms with Crippen LogP contribution in [0.5, 0.6) is 0 Å². The summed E-state index contributed by atoms with van der Waals surface area (Å²) in [5.74, 6) is 0.994. The lowest BCUT2D eigenvalue weighted by molar-refractivity contribution is -0.120. The number of Topliss-reactive ketones (excluding diaryl/α,β-unsaturated/α-hetero) is 1. The lowest BCUT2D eigenvalue weighted by Gasteiger charge is -2.24. The quantitative estimate of drug-likeness (QED) is 0.819. The van der Waals surface area contributed by atoms with E-state index < -0.39 is 0 Å². The van der Waals surface area contributed by atoms with Crippen molar-refractivity contribution in [3.05, 3.63) is 35.9 Å². The molecule has 0 radical (unpaired) electrons. The van der Waals surface area contributed by atoms with Gasteiger partial charge in [-0.2, -0.15) is 0 Å². The molecule has 1 heterocycles. The van der Waals surface area contributed by atoms with Crippen LogP contribution in [0, 0.1) is 5.92 Å². The van der Waals surface area contributed by atoms with Crippen LogP contribution >= 0.6 is 0 Å². The number of nitrogens with one attached hydrogen (secondary N) is 2. The number of ketones is 1. The van der Waals surface area contributed by atoms with Gasteiger partial charge in [0.25, 0.3) is 0 Å². The molecule has 1 aliphatic rings. The number of hydrogen-bond donors (Lipinski definition) is 2. The highest BCUT2D eigenvalue weighted by Gasteiger charge is 2.17. The Morgan fingerprint density at radius 3 is 2.68 bits per heavy atom. The Morgan fingerprint density at radius 2 is 2.00 bits per heavy atom. The van der Waals surface area contributed by atoms with Crippen molar-refractivity contribution >= 4 is 5.78 Å². The number of benzene rings is 1. The largest absolute Gasteiger partial charge is 0.317 e. The summed E-state index contributed by atoms with van der Waals surface area (Å²) in [5, 5.41) is 6.76. The fraction of sp³-hybridized carbons (Fsp3) is 0.562. The van der Waals surface area contributed by atoms with Crippen molar-refractivity contribution in [2.45, 2.75) is 32.2 Å². The minimum atomic E-state index is -0.0462. The lowest BCUT2D eigenvalue weighted by Crippen LogP contribution is -2.40. The van der Waals surface area contributed by atoms with Crippen molar-refractivity contribution in [1.29, 1.82) is 0 Å². The van der Waals surface area contributed by atoms with Crippen LogP contribution in [-0.2, 0) is 11.2 Å². The zero-order valence-electron chi connectivity index (χ0n) is 11.7. The van der Waals surface area contributed by atoms with E-state index in [1.54, 1.807) is 0 Å². The third-order valence-corrected chi connectivity index (χ3v) is 3.88. The van der Waals surface area contributed by atoms with Gasteiger partial charge in [-0.25, -0.2) is 0 Å². The second kappa shape index (κ2) is 7.41. The second-order valence-corrected chi connectivity index (χ2v) is 5.45. The summed E-state index contributed by atoms with van der Waals surface area (Å²) in [6.07, 6.45) is 2.96. The molecule has 1 atom stereocenters. The highest BCUT2D eigenvalue weighted by Crippen LogP contribution is 2.10. The Morgan fingerprint density at radius 1 is 1.32 bits per heavy atom. The van der Waals surface area contributed by atoms with E-state index in [0.717, 1.165) is 25.2 Å². The van der Waals surface area contributed by atoms with E-state index in [-0.39, 0.29) is 11.8 Å². The zero-order valence-corrected chi connectivity index (χ0v) is 11.7. The van der Waals surface area contributed by atoms with Crippen LogP contribution in [0.25, 0.3) is 0 Å². The summed E-state index contributed by atoms with van der Waals surface area (Å²) in [4.78, 5) is 12.1. The number of piperidine rings is 1. The molecule has 0 amide bonds. The van der Waals surface area contributed by atoms with Crippen LogP contribution in [0.4, 0.5) is 0 Å². The molecule has 0 aromatic heterocycles. The molecule has 104 valence electrons. The molecule has 1 fully saturated rings. The first-order valence-electron chi connectivity index (χ1n) is 7.26. The third kappa shape index (κ3) is 4.77. The molecular formula is C16H24N2O. The first-order valence-corrected chi connectivity index (χ1v) is 7.26. The third-order valence-electron chi connectivity index (χ3n) is 3.88. The van der Waals surface area contributed by atoms with Crippen molar-refractivity contribution < 1.29 is 4.79 Å². The van der Waals surface area contributed by atoms with Crippen molar-refractivity contribution in [2.24, 2.45) is 5.92 Å². The van der Waals surface area contributed by atoms with Crippen LogP contribution in [0.1, 0.15) is 25.3 Å². The Labute approximate surface area is 115 Å². The number of carbonyl (C=O) groups excluding carboxylic acids is 1. The topological polar surface area (TPSA) is 41.1 Å². The molecule has 19 heavy (non-hydrogen) atoms. The summed E-state index contributed by atoms with van der Waals surface area (Å²) in [6.45, 7) is 5.16. The van der Waals surface area contributed by atoms with E-state index in [2.05, 4.69) is 10.6 Å². The minimum Gasteiger partial charge on any atom is -0.317 e. The average Bonchev–Trinajstić information content (AvgIpc) is 2.47. The van der Waals surface area contributed by atoms with Gasteiger partial charge in [0, 0.05) is 6.42 Å². The van der Waals surface area contributed by atoms with Crippen molar-refractivity contribution in [1.82, 2.24) is 10.6 Å². The molecule has 1 aliphatic heterocycles. The van der Waals surface area contributed by atoms with Gasteiger partial charge in [0.2, 0.25) is 0 Å². The molecule has 2 rings (SSSR count). The van der Waals surface area contributed by atoms with Gasteiger partial charge in [0.05, 0.1) is 6.04 Å². The SMILES string of the molecule is CC(NCC1CCNCC1)C(=O)Cc1ccccc1. The highest BCUT2D eigenvalue weighted by molar-refractivity contribution is 5.85. The van der Waals surface area contributed by atoms with Crippen molar-refractivity contribution in [3.8, 4) is 0 Å². The van der Waals surface area contributed by atoms with Gasteiger partial charge >= 0.3 is 0 Å². The summed E-state index contributed by atoms with van der Waals surface area (Å²) in [6, 6.07) is 9.92. The van der Waals surface area contributed by atoms with E-state index in [4.69, 9.17) is 0 Å². The van der Waals surface area contributed by atoms with E-state index in [1.807, 2.05) is 37.3 Å². The van der Waals surface area contributed by atoms with Crippen molar-refractivity contribution in [3.63, 3.8) is 0 Å². The molecule has 1 unspecified atom stereocenters. The summed E-state index contributed by atoms with van der Waals surface area (Å²) in [5.41, 5.74) is 1.10. The summed E-state index contributed by atoms with van der Waals surface area (Å²) in [7, 11) is 0. The number of rotatable bonds is 6. The lowest BCUT2D eigenvalue weighted by atomic mass is 9.97. The predicted octanol–water partition coefficient (Wildman–Crippen LogP) is 1.78. The monoisotopic (exact) mass is 260 g/mol. The highest BCUT2D eigenvalue weighted by atomic mass is 16.1. The molecule has 1 aromatic rings. The zero-order chi connectivity index (χ0) is 13.5. The van der Waals surface area contributed by atoms with Gasteiger partial charge in [0.1, 0.15) is 0 Å². The Hall–Kier alpha value is -1.19. The van der Waals surface area contributed by atoms with Gasteiger partial charge < -0.3 is 10.6 Å². The Balaban J connectivity index is 1.73. The first-order chi connectivity index (χ1) is 9.25. The molecule has 0 aliphatic carbocycles. The van der Waals surface area contributed by atoms with Gasteiger partial charge in [-0.1, -0.05) is 30.3 Å². The number of carbonyl (C=O) groups is 1. The maximum atomic E-state index is 12.1.